The third kappa shape index (κ3) is 3.46. The summed E-state index contributed by atoms with van der Waals surface area (Å²) in [5.41, 5.74) is 1.87. The molecule has 0 saturated carbocycles. The van der Waals surface area contributed by atoms with Crippen LogP contribution in [0.2, 0.25) is 0 Å². The Hall–Kier alpha value is -0.600. The molecule has 1 unspecified atom stereocenters. The summed E-state index contributed by atoms with van der Waals surface area (Å²) in [7, 11) is 0. The molecule has 1 aliphatic rings. The summed E-state index contributed by atoms with van der Waals surface area (Å²) in [6.07, 6.45) is 3.52. The SMILES string of the molecule is Cc1ccc(CC2CCCNC2)cc1F.Cl. The van der Waals surface area contributed by atoms with E-state index in [1.165, 1.54) is 12.8 Å². The van der Waals surface area contributed by atoms with Crippen molar-refractivity contribution in [2.45, 2.75) is 26.2 Å². The summed E-state index contributed by atoms with van der Waals surface area (Å²) >= 11 is 0. The number of aryl methyl sites for hydroxylation is 1. The van der Waals surface area contributed by atoms with Crippen LogP contribution in [-0.2, 0) is 6.42 Å². The first-order chi connectivity index (χ1) is 7.25. The van der Waals surface area contributed by atoms with Crippen LogP contribution in [0.25, 0.3) is 0 Å². The smallest absolute Gasteiger partial charge is 0.126 e. The Morgan fingerprint density at radius 1 is 1.44 bits per heavy atom. The zero-order chi connectivity index (χ0) is 10.7. The van der Waals surface area contributed by atoms with Gasteiger partial charge in [-0.2, -0.15) is 0 Å². The molecule has 1 atom stereocenters. The van der Waals surface area contributed by atoms with Crippen molar-refractivity contribution in [3.63, 3.8) is 0 Å². The third-order valence-electron chi connectivity index (χ3n) is 3.16. The Bertz CT molecular complexity index is 335. The van der Waals surface area contributed by atoms with Gasteiger partial charge in [-0.25, -0.2) is 4.39 Å². The van der Waals surface area contributed by atoms with Crippen LogP contribution in [0.3, 0.4) is 0 Å². The summed E-state index contributed by atoms with van der Waals surface area (Å²) in [6, 6.07) is 5.61. The van der Waals surface area contributed by atoms with Gasteiger partial charge in [0, 0.05) is 0 Å². The summed E-state index contributed by atoms with van der Waals surface area (Å²) in [5.74, 6) is 0.608. The third-order valence-corrected chi connectivity index (χ3v) is 3.16. The maximum Gasteiger partial charge on any atom is 0.126 e. The van der Waals surface area contributed by atoms with Gasteiger partial charge in [0.15, 0.2) is 0 Å². The Morgan fingerprint density at radius 3 is 2.88 bits per heavy atom. The first-order valence-corrected chi connectivity index (χ1v) is 5.71. The summed E-state index contributed by atoms with van der Waals surface area (Å²) in [6.45, 7) is 4.02. The fraction of sp³-hybridized carbons (Fsp3) is 0.538. The summed E-state index contributed by atoms with van der Waals surface area (Å²) < 4.78 is 13.3. The zero-order valence-corrected chi connectivity index (χ0v) is 10.4. The van der Waals surface area contributed by atoms with Gasteiger partial charge in [0.05, 0.1) is 0 Å². The molecule has 0 radical (unpaired) electrons. The minimum atomic E-state index is -0.0729. The molecule has 1 saturated heterocycles. The summed E-state index contributed by atoms with van der Waals surface area (Å²) in [4.78, 5) is 0. The highest BCUT2D eigenvalue weighted by atomic mass is 35.5. The van der Waals surface area contributed by atoms with Crippen LogP contribution in [0.1, 0.15) is 24.0 Å². The molecule has 3 heteroatoms. The van der Waals surface area contributed by atoms with Crippen molar-refractivity contribution in [1.82, 2.24) is 5.32 Å². The van der Waals surface area contributed by atoms with Crippen molar-refractivity contribution >= 4 is 12.4 Å². The van der Waals surface area contributed by atoms with Gasteiger partial charge < -0.3 is 5.32 Å². The lowest BCUT2D eigenvalue weighted by Crippen LogP contribution is -2.30. The van der Waals surface area contributed by atoms with Crippen LogP contribution < -0.4 is 5.32 Å². The molecular formula is C13H19ClFN. The molecule has 0 amide bonds. The minimum Gasteiger partial charge on any atom is -0.316 e. The lowest BCUT2D eigenvalue weighted by molar-refractivity contribution is 0.375. The van der Waals surface area contributed by atoms with Gasteiger partial charge in [-0.15, -0.1) is 12.4 Å². The minimum absolute atomic E-state index is 0. The fourth-order valence-electron chi connectivity index (χ4n) is 2.19. The average Bonchev–Trinajstić information content (AvgIpc) is 2.25. The normalized spacial score (nSPS) is 20.2. The Morgan fingerprint density at radius 2 is 2.25 bits per heavy atom. The first kappa shape index (κ1) is 13.5. The lowest BCUT2D eigenvalue weighted by atomic mass is 9.92. The summed E-state index contributed by atoms with van der Waals surface area (Å²) in [5, 5.41) is 3.39. The van der Waals surface area contributed by atoms with Crippen LogP contribution in [0.15, 0.2) is 18.2 Å². The van der Waals surface area contributed by atoms with Crippen molar-refractivity contribution in [3.05, 3.63) is 35.1 Å². The highest BCUT2D eigenvalue weighted by molar-refractivity contribution is 5.85. The van der Waals surface area contributed by atoms with Crippen LogP contribution in [0.5, 0.6) is 0 Å². The van der Waals surface area contributed by atoms with E-state index >= 15 is 0 Å². The quantitative estimate of drug-likeness (QED) is 0.842. The van der Waals surface area contributed by atoms with Crippen LogP contribution >= 0.6 is 12.4 Å². The molecule has 0 spiro atoms. The topological polar surface area (TPSA) is 12.0 Å². The van der Waals surface area contributed by atoms with Crippen molar-refractivity contribution < 1.29 is 4.39 Å². The van der Waals surface area contributed by atoms with Gasteiger partial charge in [0.1, 0.15) is 5.82 Å². The highest BCUT2D eigenvalue weighted by Gasteiger charge is 2.13. The van der Waals surface area contributed by atoms with Crippen LogP contribution in [0, 0.1) is 18.7 Å². The van der Waals surface area contributed by atoms with E-state index in [9.17, 15) is 4.39 Å². The van der Waals surface area contributed by atoms with E-state index in [0.717, 1.165) is 30.6 Å². The van der Waals surface area contributed by atoms with Crippen molar-refractivity contribution in [2.75, 3.05) is 13.1 Å². The lowest BCUT2D eigenvalue weighted by Gasteiger charge is -2.22. The second-order valence-corrected chi connectivity index (χ2v) is 4.50. The number of rotatable bonds is 2. The van der Waals surface area contributed by atoms with Gasteiger partial charge in [-0.05, 0) is 62.4 Å². The van der Waals surface area contributed by atoms with Gasteiger partial charge in [0.2, 0.25) is 0 Å². The Balaban J connectivity index is 0.00000128. The molecule has 1 aliphatic heterocycles. The van der Waals surface area contributed by atoms with Gasteiger partial charge in [-0.3, -0.25) is 0 Å². The fourth-order valence-corrected chi connectivity index (χ4v) is 2.19. The van der Waals surface area contributed by atoms with Gasteiger partial charge in [-0.1, -0.05) is 12.1 Å². The van der Waals surface area contributed by atoms with E-state index in [4.69, 9.17) is 0 Å². The maximum atomic E-state index is 13.3. The predicted molar refractivity (Wildman–Crippen MR) is 67.7 cm³/mol. The highest BCUT2D eigenvalue weighted by Crippen LogP contribution is 2.18. The van der Waals surface area contributed by atoms with Crippen molar-refractivity contribution in [2.24, 2.45) is 5.92 Å². The Labute approximate surface area is 103 Å². The molecule has 1 aromatic rings. The molecule has 1 nitrogen and oxygen atoms in total. The number of piperidine rings is 1. The molecule has 1 N–H and O–H groups in total. The molecule has 0 aromatic heterocycles. The maximum absolute atomic E-state index is 13.3. The number of hydrogen-bond acceptors (Lipinski definition) is 1. The van der Waals surface area contributed by atoms with Gasteiger partial charge >= 0.3 is 0 Å². The Kier molecular flexibility index (Phi) is 5.23. The molecule has 1 fully saturated rings. The zero-order valence-electron chi connectivity index (χ0n) is 9.63. The first-order valence-electron chi connectivity index (χ1n) is 5.71. The number of nitrogens with one attached hydrogen (secondary N) is 1. The van der Waals surface area contributed by atoms with Crippen molar-refractivity contribution in [3.8, 4) is 0 Å². The van der Waals surface area contributed by atoms with E-state index in [1.807, 2.05) is 12.1 Å². The van der Waals surface area contributed by atoms with Crippen LogP contribution in [-0.4, -0.2) is 13.1 Å². The van der Waals surface area contributed by atoms with Crippen molar-refractivity contribution in [1.29, 1.82) is 0 Å². The molecule has 1 aromatic carbocycles. The largest absolute Gasteiger partial charge is 0.316 e. The second kappa shape index (κ2) is 6.21. The number of halogens is 2. The van der Waals surface area contributed by atoms with E-state index < -0.39 is 0 Å². The molecular weight excluding hydrogens is 225 g/mol. The van der Waals surface area contributed by atoms with E-state index in [1.54, 1.807) is 13.0 Å². The van der Waals surface area contributed by atoms with E-state index in [2.05, 4.69) is 5.32 Å². The monoisotopic (exact) mass is 243 g/mol. The average molecular weight is 244 g/mol. The van der Waals surface area contributed by atoms with Gasteiger partial charge in [0.25, 0.3) is 0 Å². The van der Waals surface area contributed by atoms with Crippen LogP contribution in [0.4, 0.5) is 4.39 Å². The standard InChI is InChI=1S/C13H18FN.ClH/c1-10-4-5-11(8-13(10)14)7-12-3-2-6-15-9-12;/h4-5,8,12,15H,2-3,6-7,9H2,1H3;1H. The molecule has 1 heterocycles. The molecule has 0 aliphatic carbocycles. The molecule has 90 valence electrons. The second-order valence-electron chi connectivity index (χ2n) is 4.50. The van der Waals surface area contributed by atoms with E-state index in [-0.39, 0.29) is 18.2 Å². The predicted octanol–water partition coefficient (Wildman–Crippen LogP) is 3.10. The number of hydrogen-bond donors (Lipinski definition) is 1. The number of benzene rings is 1. The van der Waals surface area contributed by atoms with E-state index in [0.29, 0.717) is 5.92 Å². The molecule has 16 heavy (non-hydrogen) atoms. The molecule has 2 rings (SSSR count). The molecule has 0 bridgehead atoms.